The van der Waals surface area contributed by atoms with Gasteiger partial charge >= 0.3 is 0 Å². The molecule has 3 N–H and O–H groups in total. The number of halogens is 3. The molecule has 2 aromatic carbocycles. The summed E-state index contributed by atoms with van der Waals surface area (Å²) in [5.41, 5.74) is 8.90. The maximum atomic E-state index is 14.1. The van der Waals surface area contributed by atoms with Crippen LogP contribution in [0.2, 0.25) is 0 Å². The zero-order chi connectivity index (χ0) is 24.4. The number of carbonyl (C=O) groups is 1. The predicted molar refractivity (Wildman–Crippen MR) is 130 cm³/mol. The van der Waals surface area contributed by atoms with Crippen LogP contribution in [0.25, 0.3) is 17.0 Å². The molecule has 5 nitrogen and oxygen atoms in total. The Morgan fingerprint density at radius 1 is 1.15 bits per heavy atom. The number of hydrogen-bond acceptors (Lipinski definition) is 3. The molecule has 0 bridgehead atoms. The van der Waals surface area contributed by atoms with Gasteiger partial charge in [0, 0.05) is 39.4 Å². The van der Waals surface area contributed by atoms with Gasteiger partial charge < -0.3 is 20.1 Å². The molecule has 1 aromatic heterocycles. The molecule has 8 heteroatoms. The average Bonchev–Trinajstić information content (AvgIpc) is 3.05. The van der Waals surface area contributed by atoms with Gasteiger partial charge in [-0.3, -0.25) is 4.79 Å². The third-order valence-corrected chi connectivity index (χ3v) is 6.21. The van der Waals surface area contributed by atoms with Crippen LogP contribution in [0.3, 0.4) is 0 Å². The number of benzene rings is 2. The first kappa shape index (κ1) is 23.8. The van der Waals surface area contributed by atoms with E-state index in [-0.39, 0.29) is 17.9 Å². The molecule has 1 aliphatic rings. The molecular weight excluding hydrogens is 506 g/mol. The van der Waals surface area contributed by atoms with Crippen molar-refractivity contribution in [1.29, 1.82) is 0 Å². The second-order valence-corrected chi connectivity index (χ2v) is 9.00. The summed E-state index contributed by atoms with van der Waals surface area (Å²) < 4.78 is 36.0. The Morgan fingerprint density at radius 3 is 2.68 bits per heavy atom. The molecule has 0 saturated heterocycles. The highest BCUT2D eigenvalue weighted by Crippen LogP contribution is 2.38. The minimum Gasteiger partial charge on any atom is -0.510 e. The van der Waals surface area contributed by atoms with E-state index < -0.39 is 17.5 Å². The van der Waals surface area contributed by atoms with Gasteiger partial charge in [-0.05, 0) is 68.3 Å². The van der Waals surface area contributed by atoms with Crippen LogP contribution >= 0.6 is 15.9 Å². The summed E-state index contributed by atoms with van der Waals surface area (Å²) in [6.07, 6.45) is 3.13. The summed E-state index contributed by atoms with van der Waals surface area (Å²) >= 11 is 3.49. The van der Waals surface area contributed by atoms with Gasteiger partial charge in [-0.2, -0.15) is 0 Å². The Balaban J connectivity index is 1.79. The van der Waals surface area contributed by atoms with E-state index in [0.717, 1.165) is 16.2 Å². The van der Waals surface area contributed by atoms with Gasteiger partial charge in [0.2, 0.25) is 5.91 Å². The predicted octanol–water partition coefficient (Wildman–Crippen LogP) is 6.41. The normalized spacial score (nSPS) is 14.1. The third kappa shape index (κ3) is 4.92. The minimum atomic E-state index is -0.685. The minimum absolute atomic E-state index is 0.0971. The molecule has 0 unspecified atom stereocenters. The van der Waals surface area contributed by atoms with Crippen LogP contribution in [0, 0.1) is 18.6 Å². The van der Waals surface area contributed by atoms with Crippen molar-refractivity contribution in [2.24, 2.45) is 5.73 Å². The quantitative estimate of drug-likeness (QED) is 0.388. The molecule has 1 heterocycles. The maximum Gasteiger partial charge on any atom is 0.244 e. The van der Waals surface area contributed by atoms with E-state index >= 15 is 0 Å². The lowest BCUT2D eigenvalue weighted by molar-refractivity contribution is -0.114. The Morgan fingerprint density at radius 2 is 1.94 bits per heavy atom. The number of nitrogens with two attached hydrogens (primary N) is 1. The van der Waals surface area contributed by atoms with Crippen molar-refractivity contribution >= 4 is 27.5 Å². The first-order chi connectivity index (χ1) is 16.2. The average molecular weight is 529 g/mol. The maximum absolute atomic E-state index is 14.1. The van der Waals surface area contributed by atoms with Crippen LogP contribution < -0.4 is 10.5 Å². The van der Waals surface area contributed by atoms with Crippen LogP contribution in [0.15, 0.2) is 70.4 Å². The van der Waals surface area contributed by atoms with E-state index in [4.69, 9.17) is 10.5 Å². The topological polar surface area (TPSA) is 77.5 Å². The highest BCUT2D eigenvalue weighted by Gasteiger charge is 2.21. The fraction of sp³-hybridized carbons (Fsp3) is 0.192. The zero-order valence-corrected chi connectivity index (χ0v) is 20.0. The fourth-order valence-corrected chi connectivity index (χ4v) is 4.33. The molecule has 0 fully saturated rings. The van der Waals surface area contributed by atoms with E-state index in [1.165, 1.54) is 12.1 Å². The number of aliphatic hydroxyl groups is 1. The first-order valence-corrected chi connectivity index (χ1v) is 11.5. The van der Waals surface area contributed by atoms with E-state index in [1.807, 2.05) is 29.7 Å². The number of allylic oxidation sites excluding steroid dienone is 3. The standard InChI is InChI=1S/C26H23BrF2N2O3/c1-15-5-9-22(31(15)23-11-16(26(30)33)3-2-4-24(23)32)20-12-18(27)7-10-25(20)34-14-17-6-8-19(28)13-21(17)29/h5-13,32H,2-4,14H2,1H3,(H2,30,33). The SMILES string of the molecule is Cc1ccc(-c2cc(Br)ccc2OCc2ccc(F)cc2F)n1C1=C(O)CCCC(C(N)=O)=C1. The number of aryl methyl sites for hydroxylation is 1. The highest BCUT2D eigenvalue weighted by molar-refractivity contribution is 9.10. The van der Waals surface area contributed by atoms with Crippen molar-refractivity contribution < 1.29 is 23.4 Å². The lowest BCUT2D eigenvalue weighted by atomic mass is 10.1. The number of primary amides is 1. The summed E-state index contributed by atoms with van der Waals surface area (Å²) in [7, 11) is 0. The number of rotatable bonds is 6. The van der Waals surface area contributed by atoms with E-state index in [0.29, 0.717) is 47.5 Å². The molecule has 1 amide bonds. The summed E-state index contributed by atoms with van der Waals surface area (Å²) in [6, 6.07) is 12.5. The Kier molecular flexibility index (Phi) is 6.88. The van der Waals surface area contributed by atoms with Crippen LogP contribution in [-0.4, -0.2) is 15.6 Å². The van der Waals surface area contributed by atoms with Gasteiger partial charge in [0.25, 0.3) is 0 Å². The second-order valence-electron chi connectivity index (χ2n) is 8.08. The molecule has 0 spiro atoms. The van der Waals surface area contributed by atoms with Gasteiger partial charge in [0.05, 0.1) is 11.4 Å². The van der Waals surface area contributed by atoms with Crippen molar-refractivity contribution in [2.45, 2.75) is 32.8 Å². The number of nitrogens with zero attached hydrogens (tertiary/aromatic N) is 1. The van der Waals surface area contributed by atoms with Gasteiger partial charge in [-0.15, -0.1) is 0 Å². The number of aromatic nitrogens is 1. The lowest BCUT2D eigenvalue weighted by Gasteiger charge is -2.18. The van der Waals surface area contributed by atoms with E-state index in [1.54, 1.807) is 18.2 Å². The molecule has 0 saturated carbocycles. The number of carbonyl (C=O) groups excluding carboxylic acids is 1. The number of ether oxygens (including phenoxy) is 1. The largest absolute Gasteiger partial charge is 0.510 e. The smallest absolute Gasteiger partial charge is 0.244 e. The Hall–Kier alpha value is -3.39. The Bertz CT molecular complexity index is 1330. The number of aliphatic hydroxyl groups excluding tert-OH is 1. The Labute approximate surface area is 204 Å². The van der Waals surface area contributed by atoms with E-state index in [9.17, 15) is 18.7 Å². The first-order valence-electron chi connectivity index (χ1n) is 10.7. The molecule has 176 valence electrons. The van der Waals surface area contributed by atoms with Gasteiger partial charge in [-0.1, -0.05) is 15.9 Å². The van der Waals surface area contributed by atoms with Crippen LogP contribution in [0.5, 0.6) is 5.75 Å². The van der Waals surface area contributed by atoms with Crippen molar-refractivity contribution in [2.75, 3.05) is 0 Å². The van der Waals surface area contributed by atoms with Crippen molar-refractivity contribution in [3.63, 3.8) is 0 Å². The number of hydrogen-bond donors (Lipinski definition) is 2. The van der Waals surface area contributed by atoms with Crippen molar-refractivity contribution in [3.8, 4) is 17.0 Å². The molecule has 4 rings (SSSR count). The molecule has 3 aromatic rings. The molecular formula is C26H23BrF2N2O3. The van der Waals surface area contributed by atoms with Gasteiger partial charge in [0.15, 0.2) is 0 Å². The molecule has 1 aliphatic carbocycles. The van der Waals surface area contributed by atoms with Crippen molar-refractivity contribution in [3.05, 3.63) is 93.3 Å². The van der Waals surface area contributed by atoms with Crippen LogP contribution in [0.1, 0.15) is 30.5 Å². The molecule has 0 radical (unpaired) electrons. The zero-order valence-electron chi connectivity index (χ0n) is 18.4. The van der Waals surface area contributed by atoms with Gasteiger partial charge in [0.1, 0.15) is 29.8 Å². The summed E-state index contributed by atoms with van der Waals surface area (Å²) in [4.78, 5) is 11.9. The van der Waals surface area contributed by atoms with Gasteiger partial charge in [-0.25, -0.2) is 8.78 Å². The molecule has 0 atom stereocenters. The third-order valence-electron chi connectivity index (χ3n) is 5.72. The molecule has 0 aliphatic heterocycles. The summed E-state index contributed by atoms with van der Waals surface area (Å²) in [5, 5.41) is 10.8. The molecule has 34 heavy (non-hydrogen) atoms. The van der Waals surface area contributed by atoms with Crippen LogP contribution in [-0.2, 0) is 11.4 Å². The van der Waals surface area contributed by atoms with E-state index in [2.05, 4.69) is 15.9 Å². The fourth-order valence-electron chi connectivity index (χ4n) is 3.97. The highest BCUT2D eigenvalue weighted by atomic mass is 79.9. The lowest BCUT2D eigenvalue weighted by Crippen LogP contribution is -2.14. The number of amides is 1. The van der Waals surface area contributed by atoms with Crippen molar-refractivity contribution in [1.82, 2.24) is 4.57 Å². The van der Waals surface area contributed by atoms with Crippen LogP contribution in [0.4, 0.5) is 8.78 Å². The monoisotopic (exact) mass is 528 g/mol. The summed E-state index contributed by atoms with van der Waals surface area (Å²) in [5.74, 6) is -1.23. The summed E-state index contributed by atoms with van der Waals surface area (Å²) in [6.45, 7) is 1.79. The second kappa shape index (κ2) is 9.85.